The van der Waals surface area contributed by atoms with Crippen LogP contribution in [0.5, 0.6) is 0 Å². The average Bonchev–Trinajstić information content (AvgIpc) is 2.65. The van der Waals surface area contributed by atoms with E-state index in [2.05, 4.69) is 5.32 Å². The Labute approximate surface area is 78.8 Å². The minimum atomic E-state index is -0.196. The van der Waals surface area contributed by atoms with Gasteiger partial charge in [0.1, 0.15) is 6.10 Å². The smallest absolute Gasteiger partial charge is 0.249 e. The van der Waals surface area contributed by atoms with Gasteiger partial charge in [-0.05, 0) is 32.2 Å². The Morgan fingerprint density at radius 2 is 2.38 bits per heavy atom. The van der Waals surface area contributed by atoms with Gasteiger partial charge in [-0.1, -0.05) is 0 Å². The van der Waals surface area contributed by atoms with E-state index in [4.69, 9.17) is 10.5 Å². The van der Waals surface area contributed by atoms with Crippen molar-refractivity contribution in [2.75, 3.05) is 19.7 Å². The van der Waals surface area contributed by atoms with Crippen molar-refractivity contribution in [1.29, 1.82) is 0 Å². The zero-order valence-corrected chi connectivity index (χ0v) is 7.92. The van der Waals surface area contributed by atoms with E-state index in [0.717, 1.165) is 38.8 Å². The Hall–Kier alpha value is -0.610. The molecule has 1 unspecified atom stereocenters. The first-order valence-electron chi connectivity index (χ1n) is 4.94. The summed E-state index contributed by atoms with van der Waals surface area (Å²) in [6, 6.07) is 0. The van der Waals surface area contributed by atoms with Crippen molar-refractivity contribution in [1.82, 2.24) is 5.32 Å². The van der Waals surface area contributed by atoms with E-state index < -0.39 is 0 Å². The van der Waals surface area contributed by atoms with Crippen LogP contribution in [0.4, 0.5) is 0 Å². The molecule has 1 saturated heterocycles. The third-order valence-corrected chi connectivity index (χ3v) is 2.15. The highest BCUT2D eigenvalue weighted by atomic mass is 16.5. The van der Waals surface area contributed by atoms with Gasteiger partial charge in [-0.2, -0.15) is 0 Å². The van der Waals surface area contributed by atoms with E-state index in [-0.39, 0.29) is 12.0 Å². The van der Waals surface area contributed by atoms with Gasteiger partial charge < -0.3 is 15.8 Å². The molecule has 1 aliphatic heterocycles. The van der Waals surface area contributed by atoms with Crippen molar-refractivity contribution in [2.24, 2.45) is 5.73 Å². The fraction of sp³-hybridized carbons (Fsp3) is 0.889. The van der Waals surface area contributed by atoms with Crippen LogP contribution < -0.4 is 11.1 Å². The molecular weight excluding hydrogens is 168 g/mol. The molecule has 0 aromatic rings. The highest BCUT2D eigenvalue weighted by molar-refractivity contribution is 5.80. The van der Waals surface area contributed by atoms with E-state index in [9.17, 15) is 4.79 Å². The third kappa shape index (κ3) is 3.74. The summed E-state index contributed by atoms with van der Waals surface area (Å²) >= 11 is 0. The average molecular weight is 186 g/mol. The minimum Gasteiger partial charge on any atom is -0.368 e. The molecule has 3 N–H and O–H groups in total. The fourth-order valence-corrected chi connectivity index (χ4v) is 1.38. The topological polar surface area (TPSA) is 64.3 Å². The predicted octanol–water partition coefficient (Wildman–Crippen LogP) is 0.0205. The van der Waals surface area contributed by atoms with Crippen LogP contribution >= 0.6 is 0 Å². The van der Waals surface area contributed by atoms with Crippen molar-refractivity contribution in [3.63, 3.8) is 0 Å². The Bertz CT molecular complexity index is 156. The van der Waals surface area contributed by atoms with Crippen LogP contribution in [-0.4, -0.2) is 31.7 Å². The molecule has 0 aliphatic carbocycles. The summed E-state index contributed by atoms with van der Waals surface area (Å²) in [7, 11) is 0. The number of nitrogens with one attached hydrogen (secondary N) is 1. The highest BCUT2D eigenvalue weighted by Crippen LogP contribution is 2.11. The van der Waals surface area contributed by atoms with Gasteiger partial charge in [-0.3, -0.25) is 4.79 Å². The number of hydrogen-bond acceptors (Lipinski definition) is 3. The lowest BCUT2D eigenvalue weighted by molar-refractivity contribution is -0.130. The van der Waals surface area contributed by atoms with Crippen LogP contribution in [-0.2, 0) is 9.53 Å². The molecule has 0 spiro atoms. The molecule has 4 nitrogen and oxygen atoms in total. The Morgan fingerprint density at radius 3 is 3.00 bits per heavy atom. The van der Waals surface area contributed by atoms with Gasteiger partial charge in [0.2, 0.25) is 5.91 Å². The van der Waals surface area contributed by atoms with E-state index in [0.29, 0.717) is 6.54 Å². The van der Waals surface area contributed by atoms with Gasteiger partial charge >= 0.3 is 0 Å². The summed E-state index contributed by atoms with van der Waals surface area (Å²) in [5.41, 5.74) is 5.33. The highest BCUT2D eigenvalue weighted by Gasteiger charge is 2.22. The lowest BCUT2D eigenvalue weighted by Crippen LogP contribution is -2.34. The maximum Gasteiger partial charge on any atom is 0.249 e. The molecule has 13 heavy (non-hydrogen) atoms. The van der Waals surface area contributed by atoms with Gasteiger partial charge in [-0.15, -0.1) is 0 Å². The molecule has 0 aromatic carbocycles. The van der Waals surface area contributed by atoms with Gasteiger partial charge in [0.25, 0.3) is 0 Å². The van der Waals surface area contributed by atoms with E-state index in [1.165, 1.54) is 0 Å². The van der Waals surface area contributed by atoms with Crippen LogP contribution in [0.25, 0.3) is 0 Å². The quantitative estimate of drug-likeness (QED) is 0.595. The lowest BCUT2D eigenvalue weighted by atomic mass is 10.2. The Morgan fingerprint density at radius 1 is 1.54 bits per heavy atom. The van der Waals surface area contributed by atoms with Crippen molar-refractivity contribution >= 4 is 5.91 Å². The van der Waals surface area contributed by atoms with Crippen LogP contribution in [0, 0.1) is 0 Å². The number of hydrogen-bond donors (Lipinski definition) is 2. The molecule has 0 aromatic heterocycles. The van der Waals surface area contributed by atoms with Crippen LogP contribution in [0.2, 0.25) is 0 Å². The van der Waals surface area contributed by atoms with Crippen LogP contribution in [0.15, 0.2) is 0 Å². The molecule has 0 saturated carbocycles. The zero-order chi connectivity index (χ0) is 9.52. The second kappa shape index (κ2) is 5.94. The second-order valence-electron chi connectivity index (χ2n) is 3.29. The minimum absolute atomic E-state index is 0.0366. The van der Waals surface area contributed by atoms with Gasteiger partial charge in [0.05, 0.1) is 0 Å². The molecule has 76 valence electrons. The number of carbonyl (C=O) groups is 1. The van der Waals surface area contributed by atoms with E-state index >= 15 is 0 Å². The van der Waals surface area contributed by atoms with Crippen LogP contribution in [0.3, 0.4) is 0 Å². The SMILES string of the molecule is NCCCCNC(=O)C1CCCO1. The van der Waals surface area contributed by atoms with E-state index in [1.54, 1.807) is 0 Å². The van der Waals surface area contributed by atoms with Crippen molar-refractivity contribution in [3.05, 3.63) is 0 Å². The number of rotatable bonds is 5. The largest absolute Gasteiger partial charge is 0.368 e. The van der Waals surface area contributed by atoms with Gasteiger partial charge in [0, 0.05) is 13.2 Å². The summed E-state index contributed by atoms with van der Waals surface area (Å²) < 4.78 is 5.24. The normalized spacial score (nSPS) is 21.8. The second-order valence-corrected chi connectivity index (χ2v) is 3.29. The first kappa shape index (κ1) is 10.5. The first-order valence-corrected chi connectivity index (χ1v) is 4.94. The van der Waals surface area contributed by atoms with Gasteiger partial charge in [0.15, 0.2) is 0 Å². The Kier molecular flexibility index (Phi) is 4.78. The molecule has 4 heteroatoms. The number of carbonyl (C=O) groups excluding carboxylic acids is 1. The zero-order valence-electron chi connectivity index (χ0n) is 7.92. The molecule has 1 heterocycles. The summed E-state index contributed by atoms with van der Waals surface area (Å²) in [4.78, 5) is 11.3. The summed E-state index contributed by atoms with van der Waals surface area (Å²) in [5, 5.41) is 2.84. The van der Waals surface area contributed by atoms with E-state index in [1.807, 2.05) is 0 Å². The summed E-state index contributed by atoms with van der Waals surface area (Å²) in [5.74, 6) is 0.0366. The monoisotopic (exact) mass is 186 g/mol. The third-order valence-electron chi connectivity index (χ3n) is 2.15. The maximum absolute atomic E-state index is 11.3. The first-order chi connectivity index (χ1) is 6.34. The molecule has 1 amide bonds. The van der Waals surface area contributed by atoms with Crippen LogP contribution in [0.1, 0.15) is 25.7 Å². The molecule has 0 bridgehead atoms. The predicted molar refractivity (Wildman–Crippen MR) is 50.3 cm³/mol. The maximum atomic E-state index is 11.3. The van der Waals surface area contributed by atoms with Crippen molar-refractivity contribution in [2.45, 2.75) is 31.8 Å². The number of nitrogens with two attached hydrogens (primary N) is 1. The molecule has 1 fully saturated rings. The molecular formula is C9H18N2O2. The standard InChI is InChI=1S/C9H18N2O2/c10-5-1-2-6-11-9(12)8-4-3-7-13-8/h8H,1-7,10H2,(H,11,12). The molecule has 1 aliphatic rings. The Balaban J connectivity index is 2.03. The van der Waals surface area contributed by atoms with Crippen molar-refractivity contribution in [3.8, 4) is 0 Å². The number of amides is 1. The summed E-state index contributed by atoms with van der Waals surface area (Å²) in [6.45, 7) is 2.13. The molecule has 0 radical (unpaired) electrons. The molecule has 1 atom stereocenters. The molecule has 1 rings (SSSR count). The number of ether oxygens (including phenoxy) is 1. The van der Waals surface area contributed by atoms with Gasteiger partial charge in [-0.25, -0.2) is 0 Å². The number of unbranched alkanes of at least 4 members (excludes halogenated alkanes) is 1. The lowest BCUT2D eigenvalue weighted by Gasteiger charge is -2.09. The van der Waals surface area contributed by atoms with Crippen molar-refractivity contribution < 1.29 is 9.53 Å². The fourth-order valence-electron chi connectivity index (χ4n) is 1.38. The summed E-state index contributed by atoms with van der Waals surface area (Å²) in [6.07, 6.45) is 3.59.